The molecule has 1 aromatic heterocycles. The van der Waals surface area contributed by atoms with E-state index in [4.69, 9.17) is 19.8 Å². The smallest absolute Gasteiger partial charge is 0.260 e. The first-order valence-corrected chi connectivity index (χ1v) is 11.7. The van der Waals surface area contributed by atoms with Crippen molar-refractivity contribution in [3.8, 4) is 5.75 Å². The fourth-order valence-corrected chi connectivity index (χ4v) is 5.11. The Bertz CT molecular complexity index is 1120. The van der Waals surface area contributed by atoms with Gasteiger partial charge in [0.25, 0.3) is 5.91 Å². The molecule has 0 radical (unpaired) electrons. The Morgan fingerprint density at radius 1 is 1.20 bits per heavy atom. The summed E-state index contributed by atoms with van der Waals surface area (Å²) < 4.78 is 40.9. The highest BCUT2D eigenvalue weighted by molar-refractivity contribution is 5.85. The quantitative estimate of drug-likeness (QED) is 0.618. The molecule has 0 unspecified atom stereocenters. The van der Waals surface area contributed by atoms with Crippen molar-refractivity contribution in [2.45, 2.75) is 43.5 Å². The predicted molar refractivity (Wildman–Crippen MR) is 123 cm³/mol. The average Bonchev–Trinajstić information content (AvgIpc) is 3.26. The Balaban J connectivity index is 1.21. The Morgan fingerprint density at radius 3 is 2.60 bits per heavy atom. The molecule has 0 bridgehead atoms. The normalized spacial score (nSPS) is 21.2. The van der Waals surface area contributed by atoms with Crippen LogP contribution in [0.3, 0.4) is 0 Å². The molecule has 5 rings (SSSR count). The Kier molecular flexibility index (Phi) is 6.14. The number of hydrogen-bond donors (Lipinski definition) is 2. The van der Waals surface area contributed by atoms with Gasteiger partial charge >= 0.3 is 0 Å². The van der Waals surface area contributed by atoms with Crippen LogP contribution in [0.25, 0.3) is 5.70 Å². The Hall–Kier alpha value is -3.18. The summed E-state index contributed by atoms with van der Waals surface area (Å²) >= 11 is 0. The van der Waals surface area contributed by atoms with E-state index in [1.807, 2.05) is 11.0 Å². The van der Waals surface area contributed by atoms with Crippen LogP contribution in [-0.2, 0) is 16.2 Å². The summed E-state index contributed by atoms with van der Waals surface area (Å²) in [5, 5.41) is 3.67. The molecule has 0 saturated carbocycles. The zero-order valence-electron chi connectivity index (χ0n) is 19.6. The number of alkyl halides is 1. The van der Waals surface area contributed by atoms with Crippen LogP contribution < -0.4 is 16.0 Å². The van der Waals surface area contributed by atoms with Crippen molar-refractivity contribution in [2.75, 3.05) is 39.0 Å². The lowest BCUT2D eigenvalue weighted by Crippen LogP contribution is -2.56. The third-order valence-electron chi connectivity index (χ3n) is 7.05. The number of benzene rings is 1. The molecule has 0 aliphatic carbocycles. The van der Waals surface area contributed by atoms with Gasteiger partial charge in [-0.25, -0.2) is 8.78 Å². The summed E-state index contributed by atoms with van der Waals surface area (Å²) in [7, 11) is 1.48. The number of nitrogens with zero attached hydrogens (tertiary/aromatic N) is 3. The first-order chi connectivity index (χ1) is 16.8. The molecule has 0 atom stereocenters. The topological polar surface area (TPSA) is 106 Å². The van der Waals surface area contributed by atoms with Crippen molar-refractivity contribution in [1.29, 1.82) is 0 Å². The minimum atomic E-state index is -1.89. The lowest BCUT2D eigenvalue weighted by molar-refractivity contribution is -0.150. The van der Waals surface area contributed by atoms with Crippen molar-refractivity contribution in [1.82, 2.24) is 20.4 Å². The van der Waals surface area contributed by atoms with Gasteiger partial charge in [-0.05, 0) is 24.3 Å². The number of halogens is 2. The zero-order valence-corrected chi connectivity index (χ0v) is 19.6. The van der Waals surface area contributed by atoms with Gasteiger partial charge in [0.05, 0.1) is 19.4 Å². The first-order valence-electron chi connectivity index (χ1n) is 11.7. The van der Waals surface area contributed by atoms with Gasteiger partial charge in [0.1, 0.15) is 17.2 Å². The highest BCUT2D eigenvalue weighted by Gasteiger charge is 2.47. The molecule has 1 aromatic carbocycles. The molecule has 4 heterocycles. The van der Waals surface area contributed by atoms with E-state index in [1.165, 1.54) is 19.2 Å². The van der Waals surface area contributed by atoms with E-state index in [9.17, 15) is 9.18 Å². The number of hydrogen-bond acceptors (Lipinski definition) is 8. The molecule has 9 nitrogen and oxygen atoms in total. The second-order valence-electron chi connectivity index (χ2n) is 9.42. The van der Waals surface area contributed by atoms with Crippen molar-refractivity contribution in [2.24, 2.45) is 0 Å². The van der Waals surface area contributed by atoms with Gasteiger partial charge in [-0.15, -0.1) is 0 Å². The second kappa shape index (κ2) is 9.12. The number of nitrogen functional groups attached to an aromatic ring is 1. The molecular weight excluding hydrogens is 460 g/mol. The first kappa shape index (κ1) is 23.6. The van der Waals surface area contributed by atoms with Gasteiger partial charge in [0.15, 0.2) is 17.2 Å². The molecule has 2 aromatic rings. The Labute approximate surface area is 201 Å². The number of carbonyl (C=O) groups is 1. The molecule has 11 heteroatoms. The van der Waals surface area contributed by atoms with E-state index in [2.05, 4.69) is 10.6 Å². The van der Waals surface area contributed by atoms with E-state index >= 15 is 4.39 Å². The number of nitrogens with one attached hydrogen (secondary N) is 1. The van der Waals surface area contributed by atoms with Gasteiger partial charge in [0.2, 0.25) is 0 Å². The molecule has 3 N–H and O–H groups in total. The SMILES string of the molecule is CONC1=CC2(CCN(C(=O)C3(F)CCN(Cc4cc(N)no4)CC3)CC2)Oc2ccc(F)cc21. The largest absolute Gasteiger partial charge is 0.482 e. The summed E-state index contributed by atoms with van der Waals surface area (Å²) in [5.41, 5.74) is 6.99. The number of hydroxylamine groups is 1. The summed E-state index contributed by atoms with van der Waals surface area (Å²) in [6, 6.07) is 5.97. The lowest BCUT2D eigenvalue weighted by Gasteiger charge is -2.45. The summed E-state index contributed by atoms with van der Waals surface area (Å²) in [6.07, 6.45) is 3.09. The number of likely N-dealkylation sites (tertiary alicyclic amines) is 2. The number of rotatable bonds is 5. The minimum absolute atomic E-state index is 0.119. The van der Waals surface area contributed by atoms with Crippen LogP contribution in [0, 0.1) is 5.82 Å². The van der Waals surface area contributed by atoms with Crippen LogP contribution >= 0.6 is 0 Å². The van der Waals surface area contributed by atoms with E-state index in [0.717, 1.165) is 0 Å². The summed E-state index contributed by atoms with van der Waals surface area (Å²) in [5.74, 6) is 0.627. The van der Waals surface area contributed by atoms with Gasteiger partial charge in [0, 0.05) is 63.5 Å². The van der Waals surface area contributed by atoms with Crippen molar-refractivity contribution in [3.05, 3.63) is 47.5 Å². The van der Waals surface area contributed by atoms with Crippen LogP contribution in [0.5, 0.6) is 5.75 Å². The fourth-order valence-electron chi connectivity index (χ4n) is 5.11. The van der Waals surface area contributed by atoms with Crippen LogP contribution in [0.4, 0.5) is 14.6 Å². The molecule has 2 saturated heterocycles. The highest BCUT2D eigenvalue weighted by Crippen LogP contribution is 2.41. The maximum atomic E-state index is 15.7. The molecular formula is C24H29F2N5O4. The molecule has 35 heavy (non-hydrogen) atoms. The van der Waals surface area contributed by atoms with Crippen molar-refractivity contribution in [3.63, 3.8) is 0 Å². The number of ether oxygens (including phenoxy) is 1. The molecule has 1 amide bonds. The monoisotopic (exact) mass is 489 g/mol. The Morgan fingerprint density at radius 2 is 1.94 bits per heavy atom. The van der Waals surface area contributed by atoms with Crippen LogP contribution in [0.15, 0.2) is 34.9 Å². The number of carbonyl (C=O) groups excluding carboxylic acids is 1. The van der Waals surface area contributed by atoms with Crippen LogP contribution in [0.2, 0.25) is 0 Å². The number of anilines is 1. The van der Waals surface area contributed by atoms with Gasteiger partial charge in [-0.3, -0.25) is 20.0 Å². The summed E-state index contributed by atoms with van der Waals surface area (Å²) in [4.78, 5) is 21.9. The van der Waals surface area contributed by atoms with Gasteiger partial charge in [-0.1, -0.05) is 5.16 Å². The number of nitrogens with two attached hydrogens (primary N) is 1. The fraction of sp³-hybridized carbons (Fsp3) is 0.500. The second-order valence-corrected chi connectivity index (χ2v) is 9.42. The van der Waals surface area contributed by atoms with Crippen LogP contribution in [0.1, 0.15) is 37.0 Å². The van der Waals surface area contributed by atoms with Crippen molar-refractivity contribution < 1.29 is 27.7 Å². The minimum Gasteiger partial charge on any atom is -0.482 e. The van der Waals surface area contributed by atoms with Gasteiger partial charge < -0.3 is 19.9 Å². The number of aromatic nitrogens is 1. The van der Waals surface area contributed by atoms with E-state index in [-0.39, 0.29) is 18.7 Å². The van der Waals surface area contributed by atoms with Crippen molar-refractivity contribution >= 4 is 17.4 Å². The van der Waals surface area contributed by atoms with E-state index in [1.54, 1.807) is 17.0 Å². The number of amides is 1. The number of fused-ring (bicyclic) bond motifs is 1. The third-order valence-corrected chi connectivity index (χ3v) is 7.05. The van der Waals surface area contributed by atoms with E-state index in [0.29, 0.717) is 74.2 Å². The third kappa shape index (κ3) is 4.70. The van der Waals surface area contributed by atoms with Crippen LogP contribution in [-0.4, -0.2) is 65.4 Å². The standard InChI is InChI=1S/C24H29F2N5O4/c1-33-28-19-14-23(34-20-3-2-16(25)12-18(19)20)4-10-31(11-5-23)22(32)24(26)6-8-30(9-7-24)15-17-13-21(27)29-35-17/h2-3,12-14,28H,4-11,15H2,1H3,(H2,27,29). The van der Waals surface area contributed by atoms with Gasteiger partial charge in [-0.2, -0.15) is 0 Å². The maximum Gasteiger partial charge on any atom is 0.260 e. The predicted octanol–water partition coefficient (Wildman–Crippen LogP) is 2.65. The summed E-state index contributed by atoms with van der Waals surface area (Å²) in [6.45, 7) is 2.07. The molecule has 3 aliphatic heterocycles. The lowest BCUT2D eigenvalue weighted by atomic mass is 9.85. The molecule has 2 fully saturated rings. The number of piperidine rings is 2. The maximum absolute atomic E-state index is 15.7. The highest BCUT2D eigenvalue weighted by atomic mass is 19.1. The molecule has 3 aliphatic rings. The van der Waals surface area contributed by atoms with E-state index < -0.39 is 17.2 Å². The molecule has 1 spiro atoms. The molecule has 188 valence electrons. The average molecular weight is 490 g/mol. The zero-order chi connectivity index (χ0) is 24.6.